The van der Waals surface area contributed by atoms with Crippen molar-refractivity contribution in [3.05, 3.63) is 63.0 Å². The van der Waals surface area contributed by atoms with Gasteiger partial charge in [0, 0.05) is 67.5 Å². The zero-order valence-corrected chi connectivity index (χ0v) is 21.6. The molecule has 1 saturated heterocycles. The molecule has 1 fully saturated rings. The molecule has 6 nitrogen and oxygen atoms in total. The number of halogens is 3. The zero-order valence-electron chi connectivity index (χ0n) is 20.1. The molecule has 0 unspecified atom stereocenters. The van der Waals surface area contributed by atoms with Crippen molar-refractivity contribution in [2.24, 2.45) is 0 Å². The molecule has 0 saturated carbocycles. The summed E-state index contributed by atoms with van der Waals surface area (Å²) in [7, 11) is 0. The van der Waals surface area contributed by atoms with Gasteiger partial charge in [-0.05, 0) is 43.2 Å². The van der Waals surface area contributed by atoms with Crippen molar-refractivity contribution >= 4 is 45.7 Å². The summed E-state index contributed by atoms with van der Waals surface area (Å²) >= 11 is 13.0. The molecular weight excluding hydrogens is 490 g/mol. The van der Waals surface area contributed by atoms with Crippen LogP contribution in [0.15, 0.2) is 30.3 Å². The maximum absolute atomic E-state index is 13.5. The lowest BCUT2D eigenvalue weighted by Gasteiger charge is -2.34. The van der Waals surface area contributed by atoms with Crippen LogP contribution in [0.1, 0.15) is 35.0 Å². The average molecular weight is 521 g/mol. The van der Waals surface area contributed by atoms with E-state index < -0.39 is 0 Å². The van der Waals surface area contributed by atoms with Gasteiger partial charge < -0.3 is 19.9 Å². The molecule has 2 heterocycles. The van der Waals surface area contributed by atoms with Crippen LogP contribution in [0.4, 0.5) is 10.1 Å². The Kier molecular flexibility index (Phi) is 8.22. The van der Waals surface area contributed by atoms with E-state index in [1.54, 1.807) is 6.07 Å². The van der Waals surface area contributed by atoms with Gasteiger partial charge in [0.2, 0.25) is 0 Å². The van der Waals surface area contributed by atoms with Crippen molar-refractivity contribution in [3.63, 3.8) is 0 Å². The maximum Gasteiger partial charge on any atom is 0.254 e. The Morgan fingerprint density at radius 1 is 1.11 bits per heavy atom. The molecule has 1 aliphatic rings. The number of hydrogen-bond donors (Lipinski definition) is 2. The predicted octanol–water partition coefficient (Wildman–Crippen LogP) is 5.17. The van der Waals surface area contributed by atoms with Gasteiger partial charge in [-0.1, -0.05) is 36.2 Å². The van der Waals surface area contributed by atoms with Crippen molar-refractivity contribution < 1.29 is 14.3 Å². The molecule has 3 aromatic rings. The number of amides is 1. The Morgan fingerprint density at radius 2 is 1.86 bits per heavy atom. The first-order valence-corrected chi connectivity index (χ1v) is 12.7. The number of β-amino-alcohol motifs (C(OH)–C–C–N with tert-alkyl or cyclic N) is 1. The summed E-state index contributed by atoms with van der Waals surface area (Å²) in [5.74, 6) is -0.428. The van der Waals surface area contributed by atoms with Crippen LogP contribution in [-0.2, 0) is 13.1 Å². The lowest BCUT2D eigenvalue weighted by Crippen LogP contribution is -2.49. The topological polar surface area (TPSA) is 60.7 Å². The van der Waals surface area contributed by atoms with Crippen LogP contribution in [0.25, 0.3) is 10.9 Å². The summed E-state index contributed by atoms with van der Waals surface area (Å²) in [6.07, 6.45) is 0.934. The monoisotopic (exact) mass is 520 g/mol. The van der Waals surface area contributed by atoms with Crippen LogP contribution in [0.2, 0.25) is 10.0 Å². The number of aromatic nitrogens is 1. The number of hydrogen-bond acceptors (Lipinski definition) is 4. The van der Waals surface area contributed by atoms with Crippen LogP contribution in [0, 0.1) is 12.7 Å². The van der Waals surface area contributed by atoms with Crippen LogP contribution in [0.3, 0.4) is 0 Å². The summed E-state index contributed by atoms with van der Waals surface area (Å²) in [6, 6.07) is 8.10. The molecule has 1 aliphatic heterocycles. The molecular formula is C26H31Cl2FN4O2. The van der Waals surface area contributed by atoms with Crippen LogP contribution < -0.4 is 5.32 Å². The number of carbonyl (C=O) groups is 1. The van der Waals surface area contributed by atoms with Gasteiger partial charge in [0.25, 0.3) is 5.91 Å². The minimum Gasteiger partial charge on any atom is -0.395 e. The molecule has 1 aromatic heterocycles. The number of nitrogens with one attached hydrogen (secondary N) is 1. The van der Waals surface area contributed by atoms with E-state index in [1.807, 2.05) is 24.0 Å². The van der Waals surface area contributed by atoms with Crippen molar-refractivity contribution in [2.75, 3.05) is 44.6 Å². The van der Waals surface area contributed by atoms with E-state index >= 15 is 0 Å². The second kappa shape index (κ2) is 11.2. The fourth-order valence-electron chi connectivity index (χ4n) is 4.69. The summed E-state index contributed by atoms with van der Waals surface area (Å²) < 4.78 is 15.7. The molecule has 0 atom stereocenters. The number of nitrogens with zero attached hydrogens (tertiary/aromatic N) is 3. The molecule has 0 spiro atoms. The van der Waals surface area contributed by atoms with E-state index in [1.165, 1.54) is 12.1 Å². The summed E-state index contributed by atoms with van der Waals surface area (Å²) in [6.45, 7) is 8.67. The van der Waals surface area contributed by atoms with Crippen LogP contribution >= 0.6 is 23.2 Å². The molecule has 2 N–H and O–H groups in total. The Bertz CT molecular complexity index is 1220. The quantitative estimate of drug-likeness (QED) is 0.430. The van der Waals surface area contributed by atoms with Crippen molar-refractivity contribution in [1.29, 1.82) is 0 Å². The predicted molar refractivity (Wildman–Crippen MR) is 140 cm³/mol. The highest BCUT2D eigenvalue weighted by atomic mass is 35.5. The van der Waals surface area contributed by atoms with Gasteiger partial charge in [0.15, 0.2) is 0 Å². The highest BCUT2D eigenvalue weighted by Gasteiger charge is 2.25. The van der Waals surface area contributed by atoms with Crippen molar-refractivity contribution in [1.82, 2.24) is 14.4 Å². The lowest BCUT2D eigenvalue weighted by atomic mass is 10.1. The highest BCUT2D eigenvalue weighted by Crippen LogP contribution is 2.37. The number of aliphatic hydroxyl groups is 1. The second-order valence-corrected chi connectivity index (χ2v) is 9.70. The van der Waals surface area contributed by atoms with Gasteiger partial charge in [0.1, 0.15) is 5.82 Å². The largest absolute Gasteiger partial charge is 0.395 e. The number of fused-ring (bicyclic) bond motifs is 1. The number of rotatable bonds is 8. The second-order valence-electron chi connectivity index (χ2n) is 8.92. The minimum absolute atomic E-state index is 0.0459. The highest BCUT2D eigenvalue weighted by molar-refractivity contribution is 6.37. The number of benzene rings is 2. The molecule has 0 radical (unpaired) electrons. The first-order chi connectivity index (χ1) is 16.8. The number of carbonyl (C=O) groups excluding carboxylic acids is 1. The molecule has 188 valence electrons. The van der Waals surface area contributed by atoms with Gasteiger partial charge in [0.05, 0.1) is 22.8 Å². The van der Waals surface area contributed by atoms with E-state index in [2.05, 4.69) is 21.7 Å². The van der Waals surface area contributed by atoms with E-state index in [0.29, 0.717) is 41.8 Å². The fraction of sp³-hybridized carbons (Fsp3) is 0.423. The van der Waals surface area contributed by atoms with E-state index in [9.17, 15) is 14.3 Å². The van der Waals surface area contributed by atoms with Gasteiger partial charge in [-0.25, -0.2) is 4.39 Å². The zero-order chi connectivity index (χ0) is 25.1. The molecule has 2 aromatic carbocycles. The Hall–Kier alpha value is -2.32. The van der Waals surface area contributed by atoms with E-state index in [0.717, 1.165) is 53.9 Å². The first kappa shape index (κ1) is 25.8. The molecule has 9 heteroatoms. The van der Waals surface area contributed by atoms with Crippen LogP contribution in [-0.4, -0.2) is 64.7 Å². The fourth-order valence-corrected chi connectivity index (χ4v) is 5.17. The maximum atomic E-state index is 13.5. The van der Waals surface area contributed by atoms with Crippen molar-refractivity contribution in [2.45, 2.75) is 33.4 Å². The Morgan fingerprint density at radius 3 is 2.51 bits per heavy atom. The summed E-state index contributed by atoms with van der Waals surface area (Å²) in [4.78, 5) is 17.5. The third-order valence-electron chi connectivity index (χ3n) is 6.59. The van der Waals surface area contributed by atoms with Gasteiger partial charge in [-0.3, -0.25) is 9.69 Å². The molecule has 0 bridgehead atoms. The van der Waals surface area contributed by atoms with Crippen LogP contribution in [0.5, 0.6) is 0 Å². The number of aryl methyl sites for hydroxylation is 1. The molecule has 1 amide bonds. The third-order valence-corrected chi connectivity index (χ3v) is 7.42. The smallest absolute Gasteiger partial charge is 0.254 e. The molecule has 35 heavy (non-hydrogen) atoms. The van der Waals surface area contributed by atoms with E-state index in [4.69, 9.17) is 23.2 Å². The summed E-state index contributed by atoms with van der Waals surface area (Å²) in [5, 5.41) is 14.4. The number of piperazine rings is 1. The molecule has 4 rings (SSSR count). The minimum atomic E-state index is -0.382. The van der Waals surface area contributed by atoms with E-state index in [-0.39, 0.29) is 18.3 Å². The standard InChI is InChI=1S/C26H31Cl2FN4O2/c1-3-6-33-17(2)24(28)21-13-19(26(35)32-9-7-31(8-10-32)11-12-34)14-23(25(21)33)30-16-18-4-5-20(29)15-22(18)27/h4-5,13-15,30,34H,3,6-12,16H2,1-2H3. The number of anilines is 1. The summed E-state index contributed by atoms with van der Waals surface area (Å²) in [5.41, 5.74) is 4.00. The third kappa shape index (κ3) is 5.43. The first-order valence-electron chi connectivity index (χ1n) is 12.0. The Balaban J connectivity index is 1.70. The van der Waals surface area contributed by atoms with Crippen molar-refractivity contribution in [3.8, 4) is 0 Å². The average Bonchev–Trinajstić information content (AvgIpc) is 3.09. The van der Waals surface area contributed by atoms with Gasteiger partial charge in [-0.15, -0.1) is 0 Å². The normalized spacial score (nSPS) is 14.6. The lowest BCUT2D eigenvalue weighted by molar-refractivity contribution is 0.0615. The molecule has 0 aliphatic carbocycles. The van der Waals surface area contributed by atoms with Gasteiger partial charge in [-0.2, -0.15) is 0 Å². The number of aliphatic hydroxyl groups excluding tert-OH is 1. The van der Waals surface area contributed by atoms with Gasteiger partial charge >= 0.3 is 0 Å². The SMILES string of the molecule is CCCn1c(C)c(Cl)c2cc(C(=O)N3CCN(CCO)CC3)cc(NCc3ccc(F)cc3Cl)c21. The Labute approximate surface area is 215 Å².